The molecule has 0 aliphatic heterocycles. The zero-order chi connectivity index (χ0) is 13.0. The largest absolute Gasteiger partial charge is 0.481 e. The molecule has 0 saturated heterocycles. The lowest BCUT2D eigenvalue weighted by Gasteiger charge is -2.09. The second-order valence-electron chi connectivity index (χ2n) is 4.10. The van der Waals surface area contributed by atoms with E-state index in [0.29, 0.717) is 5.56 Å². The first-order valence-electron chi connectivity index (χ1n) is 5.72. The summed E-state index contributed by atoms with van der Waals surface area (Å²) in [6.07, 6.45) is -1.22. The number of rotatable bonds is 4. The van der Waals surface area contributed by atoms with Gasteiger partial charge >= 0.3 is 5.97 Å². The van der Waals surface area contributed by atoms with Gasteiger partial charge in [-0.2, -0.15) is 0 Å². The molecule has 0 amide bonds. The molecule has 1 atom stereocenters. The van der Waals surface area contributed by atoms with E-state index in [-0.39, 0.29) is 6.42 Å². The van der Waals surface area contributed by atoms with Crippen LogP contribution < -0.4 is 0 Å². The van der Waals surface area contributed by atoms with E-state index in [2.05, 4.69) is 0 Å². The Balaban J connectivity index is 2.18. The van der Waals surface area contributed by atoms with Gasteiger partial charge in [-0.05, 0) is 16.7 Å². The smallest absolute Gasteiger partial charge is 0.306 e. The quantitative estimate of drug-likeness (QED) is 0.866. The van der Waals surface area contributed by atoms with Crippen LogP contribution in [0.1, 0.15) is 18.1 Å². The maximum atomic E-state index is 10.5. The lowest BCUT2D eigenvalue weighted by atomic mass is 10.0. The molecule has 0 saturated carbocycles. The molecule has 92 valence electrons. The molecule has 2 N–H and O–H groups in total. The number of aliphatic hydroxyl groups excluding tert-OH is 1. The maximum Gasteiger partial charge on any atom is 0.306 e. The molecule has 2 aromatic carbocycles. The summed E-state index contributed by atoms with van der Waals surface area (Å²) in [5, 5.41) is 18.3. The number of carboxylic acids is 1. The first-order chi connectivity index (χ1) is 8.66. The molecule has 18 heavy (non-hydrogen) atoms. The molecule has 0 aliphatic carbocycles. The number of hydrogen-bond acceptors (Lipinski definition) is 2. The predicted molar refractivity (Wildman–Crippen MR) is 69.1 cm³/mol. The van der Waals surface area contributed by atoms with Crippen molar-refractivity contribution >= 4 is 5.97 Å². The van der Waals surface area contributed by atoms with Crippen LogP contribution in [0.15, 0.2) is 54.6 Å². The Kier molecular flexibility index (Phi) is 3.75. The van der Waals surface area contributed by atoms with Crippen molar-refractivity contribution in [1.82, 2.24) is 0 Å². The molecule has 3 nitrogen and oxygen atoms in total. The molecule has 0 aromatic heterocycles. The third-order valence-electron chi connectivity index (χ3n) is 2.77. The SMILES string of the molecule is O=C(O)C[C@@H](O)c1ccc(-c2ccccc2)cc1. The van der Waals surface area contributed by atoms with Gasteiger partial charge in [0, 0.05) is 0 Å². The van der Waals surface area contributed by atoms with E-state index in [1.807, 2.05) is 42.5 Å². The number of aliphatic carboxylic acids is 1. The van der Waals surface area contributed by atoms with Gasteiger partial charge in [-0.15, -0.1) is 0 Å². The average molecular weight is 242 g/mol. The number of carboxylic acid groups (broad SMARTS) is 1. The number of hydrogen-bond donors (Lipinski definition) is 2. The first kappa shape index (κ1) is 12.3. The molecule has 0 bridgehead atoms. The van der Waals surface area contributed by atoms with Crippen molar-refractivity contribution in [2.45, 2.75) is 12.5 Å². The van der Waals surface area contributed by atoms with Crippen molar-refractivity contribution < 1.29 is 15.0 Å². The van der Waals surface area contributed by atoms with Gasteiger partial charge in [-0.1, -0.05) is 54.6 Å². The van der Waals surface area contributed by atoms with Gasteiger partial charge < -0.3 is 10.2 Å². The van der Waals surface area contributed by atoms with Crippen LogP contribution in [0, 0.1) is 0 Å². The lowest BCUT2D eigenvalue weighted by Crippen LogP contribution is -2.05. The third kappa shape index (κ3) is 2.96. The molecule has 0 aliphatic rings. The Bertz CT molecular complexity index is 517. The molecule has 0 heterocycles. The van der Waals surface area contributed by atoms with Crippen LogP contribution in [0.2, 0.25) is 0 Å². The van der Waals surface area contributed by atoms with E-state index in [9.17, 15) is 9.90 Å². The summed E-state index contributed by atoms with van der Waals surface area (Å²) in [5.74, 6) is -1.00. The molecular formula is C15H14O3. The molecule has 3 heteroatoms. The summed E-state index contributed by atoms with van der Waals surface area (Å²) in [6.45, 7) is 0. The van der Waals surface area contributed by atoms with Gasteiger partial charge in [0.05, 0.1) is 12.5 Å². The maximum absolute atomic E-state index is 10.5. The average Bonchev–Trinajstić information content (AvgIpc) is 2.39. The molecular weight excluding hydrogens is 228 g/mol. The zero-order valence-electron chi connectivity index (χ0n) is 9.78. The minimum absolute atomic E-state index is 0.273. The Hall–Kier alpha value is -2.13. The summed E-state index contributed by atoms with van der Waals surface area (Å²) in [5.41, 5.74) is 2.76. The van der Waals surface area contributed by atoms with Crippen LogP contribution >= 0.6 is 0 Å². The van der Waals surface area contributed by atoms with Crippen LogP contribution in [0.5, 0.6) is 0 Å². The minimum Gasteiger partial charge on any atom is -0.481 e. The van der Waals surface area contributed by atoms with E-state index in [4.69, 9.17) is 5.11 Å². The number of aliphatic hydroxyl groups is 1. The first-order valence-corrected chi connectivity index (χ1v) is 5.72. The lowest BCUT2D eigenvalue weighted by molar-refractivity contribution is -0.139. The Morgan fingerprint density at radius 3 is 2.06 bits per heavy atom. The summed E-state index contributed by atoms with van der Waals surface area (Å²) >= 11 is 0. The molecule has 0 spiro atoms. The second-order valence-corrected chi connectivity index (χ2v) is 4.10. The van der Waals surface area contributed by atoms with Gasteiger partial charge in [-0.25, -0.2) is 0 Å². The predicted octanol–water partition coefficient (Wildman–Crippen LogP) is 2.86. The van der Waals surface area contributed by atoms with Crippen LogP contribution in [0.25, 0.3) is 11.1 Å². The molecule has 0 radical (unpaired) electrons. The van der Waals surface area contributed by atoms with Crippen molar-refractivity contribution in [2.24, 2.45) is 0 Å². The van der Waals surface area contributed by atoms with Crippen LogP contribution in [0.4, 0.5) is 0 Å². The van der Waals surface area contributed by atoms with Crippen LogP contribution in [-0.4, -0.2) is 16.2 Å². The number of benzene rings is 2. The summed E-state index contributed by atoms with van der Waals surface area (Å²) in [6, 6.07) is 17.2. The standard InChI is InChI=1S/C15H14O3/c16-14(10-15(17)18)13-8-6-12(7-9-13)11-4-2-1-3-5-11/h1-9,14,16H,10H2,(H,17,18)/t14-/m1/s1. The summed E-state index contributed by atoms with van der Waals surface area (Å²) in [4.78, 5) is 10.5. The Morgan fingerprint density at radius 1 is 0.944 bits per heavy atom. The summed E-state index contributed by atoms with van der Waals surface area (Å²) < 4.78 is 0. The zero-order valence-corrected chi connectivity index (χ0v) is 9.78. The van der Waals surface area contributed by atoms with Gasteiger partial charge in [-0.3, -0.25) is 4.79 Å². The minimum atomic E-state index is -1.00. The Labute approximate surface area is 105 Å². The van der Waals surface area contributed by atoms with Crippen molar-refractivity contribution in [3.05, 3.63) is 60.2 Å². The Morgan fingerprint density at radius 2 is 1.50 bits per heavy atom. The highest BCUT2D eigenvalue weighted by Crippen LogP contribution is 2.23. The van der Waals surface area contributed by atoms with Gasteiger partial charge in [0.1, 0.15) is 0 Å². The second kappa shape index (κ2) is 5.47. The van der Waals surface area contributed by atoms with Crippen LogP contribution in [-0.2, 0) is 4.79 Å². The van der Waals surface area contributed by atoms with Gasteiger partial charge in [0.25, 0.3) is 0 Å². The van der Waals surface area contributed by atoms with E-state index in [1.165, 1.54) is 0 Å². The highest BCUT2D eigenvalue weighted by Gasteiger charge is 2.11. The molecule has 0 fully saturated rings. The highest BCUT2D eigenvalue weighted by molar-refractivity contribution is 5.68. The number of carbonyl (C=O) groups is 1. The topological polar surface area (TPSA) is 57.5 Å². The van der Waals surface area contributed by atoms with Gasteiger partial charge in [0.2, 0.25) is 0 Å². The van der Waals surface area contributed by atoms with E-state index in [1.54, 1.807) is 12.1 Å². The van der Waals surface area contributed by atoms with Crippen molar-refractivity contribution in [3.63, 3.8) is 0 Å². The highest BCUT2D eigenvalue weighted by atomic mass is 16.4. The fourth-order valence-electron chi connectivity index (χ4n) is 1.81. The van der Waals surface area contributed by atoms with E-state index < -0.39 is 12.1 Å². The van der Waals surface area contributed by atoms with E-state index >= 15 is 0 Å². The van der Waals surface area contributed by atoms with Crippen molar-refractivity contribution in [1.29, 1.82) is 0 Å². The fraction of sp³-hybridized carbons (Fsp3) is 0.133. The molecule has 2 rings (SSSR count). The molecule has 2 aromatic rings. The molecule has 0 unspecified atom stereocenters. The van der Waals surface area contributed by atoms with Crippen molar-refractivity contribution in [2.75, 3.05) is 0 Å². The fourth-order valence-corrected chi connectivity index (χ4v) is 1.81. The van der Waals surface area contributed by atoms with Crippen LogP contribution in [0.3, 0.4) is 0 Å². The van der Waals surface area contributed by atoms with Crippen molar-refractivity contribution in [3.8, 4) is 11.1 Å². The van der Waals surface area contributed by atoms with Gasteiger partial charge in [0.15, 0.2) is 0 Å². The summed E-state index contributed by atoms with van der Waals surface area (Å²) in [7, 11) is 0. The van der Waals surface area contributed by atoms with E-state index in [0.717, 1.165) is 11.1 Å². The monoisotopic (exact) mass is 242 g/mol. The third-order valence-corrected chi connectivity index (χ3v) is 2.77. The normalized spacial score (nSPS) is 12.1.